The van der Waals surface area contributed by atoms with Crippen LogP contribution in [0.25, 0.3) is 0 Å². The van der Waals surface area contributed by atoms with Crippen LogP contribution in [-0.2, 0) is 10.0 Å². The summed E-state index contributed by atoms with van der Waals surface area (Å²) in [6.07, 6.45) is 0. The SMILES string of the molecule is COc1c(N)cc(S(=O)(=O)N(C)C(C)C(C)(C)C)cc1F. The molecule has 0 aromatic heterocycles. The van der Waals surface area contributed by atoms with Gasteiger partial charge in [-0.15, -0.1) is 0 Å². The lowest BCUT2D eigenvalue weighted by atomic mass is 9.88. The maximum atomic E-state index is 13.9. The quantitative estimate of drug-likeness (QED) is 0.866. The average molecular weight is 318 g/mol. The molecule has 7 heteroatoms. The highest BCUT2D eigenvalue weighted by Gasteiger charge is 2.33. The molecule has 21 heavy (non-hydrogen) atoms. The van der Waals surface area contributed by atoms with Crippen LogP contribution in [-0.4, -0.2) is 32.9 Å². The van der Waals surface area contributed by atoms with Crippen molar-refractivity contribution in [1.82, 2.24) is 4.31 Å². The molecule has 0 saturated heterocycles. The molecule has 0 aliphatic carbocycles. The molecule has 0 aliphatic heterocycles. The van der Waals surface area contributed by atoms with E-state index in [4.69, 9.17) is 10.5 Å². The summed E-state index contributed by atoms with van der Waals surface area (Å²) in [7, 11) is -1.08. The molecule has 0 bridgehead atoms. The van der Waals surface area contributed by atoms with Gasteiger partial charge in [0.2, 0.25) is 10.0 Å². The molecule has 0 fully saturated rings. The van der Waals surface area contributed by atoms with Crippen molar-refractivity contribution >= 4 is 15.7 Å². The molecular formula is C14H23FN2O3S. The largest absolute Gasteiger partial charge is 0.492 e. The lowest BCUT2D eigenvalue weighted by Gasteiger charge is -2.34. The van der Waals surface area contributed by atoms with Gasteiger partial charge < -0.3 is 10.5 Å². The van der Waals surface area contributed by atoms with E-state index in [0.29, 0.717) is 0 Å². The van der Waals surface area contributed by atoms with E-state index in [-0.39, 0.29) is 27.8 Å². The minimum absolute atomic E-state index is 0.0483. The second-order valence-electron chi connectivity index (χ2n) is 6.09. The molecular weight excluding hydrogens is 295 g/mol. The second kappa shape index (κ2) is 5.81. The van der Waals surface area contributed by atoms with Gasteiger partial charge in [-0.3, -0.25) is 0 Å². The van der Waals surface area contributed by atoms with Gasteiger partial charge in [-0.1, -0.05) is 20.8 Å². The predicted octanol–water partition coefficient (Wildman–Crippen LogP) is 2.47. The molecule has 1 rings (SSSR count). The van der Waals surface area contributed by atoms with E-state index in [1.165, 1.54) is 24.5 Å². The van der Waals surface area contributed by atoms with Crippen molar-refractivity contribution in [2.45, 2.75) is 38.6 Å². The van der Waals surface area contributed by atoms with Gasteiger partial charge in [0, 0.05) is 13.1 Å². The van der Waals surface area contributed by atoms with Crippen LogP contribution in [0.15, 0.2) is 17.0 Å². The summed E-state index contributed by atoms with van der Waals surface area (Å²) in [4.78, 5) is -0.183. The molecule has 0 saturated carbocycles. The Morgan fingerprint density at radius 1 is 1.33 bits per heavy atom. The third kappa shape index (κ3) is 3.47. The molecule has 5 nitrogen and oxygen atoms in total. The van der Waals surface area contributed by atoms with Crippen LogP contribution in [0.3, 0.4) is 0 Å². The van der Waals surface area contributed by atoms with Crippen LogP contribution in [0.2, 0.25) is 0 Å². The molecule has 0 heterocycles. The Labute approximate surface area is 125 Å². The highest BCUT2D eigenvalue weighted by Crippen LogP contribution is 2.32. The summed E-state index contributed by atoms with van der Waals surface area (Å²) >= 11 is 0. The number of rotatable bonds is 4. The van der Waals surface area contributed by atoms with E-state index < -0.39 is 15.8 Å². The molecule has 0 aliphatic rings. The molecule has 2 N–H and O–H groups in total. The van der Waals surface area contributed by atoms with E-state index in [1.807, 2.05) is 20.8 Å². The second-order valence-corrected chi connectivity index (χ2v) is 8.09. The van der Waals surface area contributed by atoms with Gasteiger partial charge in [0.05, 0.1) is 17.7 Å². The fraction of sp³-hybridized carbons (Fsp3) is 0.571. The number of nitrogen functional groups attached to an aromatic ring is 1. The van der Waals surface area contributed by atoms with E-state index in [1.54, 1.807) is 6.92 Å². The summed E-state index contributed by atoms with van der Waals surface area (Å²) in [5, 5.41) is 0. The van der Waals surface area contributed by atoms with Gasteiger partial charge in [-0.25, -0.2) is 12.8 Å². The number of nitrogens with zero attached hydrogens (tertiary/aromatic N) is 1. The van der Waals surface area contributed by atoms with Gasteiger partial charge in [0.25, 0.3) is 0 Å². The van der Waals surface area contributed by atoms with Gasteiger partial charge >= 0.3 is 0 Å². The van der Waals surface area contributed by atoms with Gasteiger partial charge in [-0.05, 0) is 24.5 Å². The zero-order valence-corrected chi connectivity index (χ0v) is 14.1. The van der Waals surface area contributed by atoms with Crippen LogP contribution >= 0.6 is 0 Å². The van der Waals surface area contributed by atoms with Gasteiger partial charge in [0.15, 0.2) is 11.6 Å². The highest BCUT2D eigenvalue weighted by molar-refractivity contribution is 7.89. The van der Waals surface area contributed by atoms with E-state index in [2.05, 4.69) is 0 Å². The molecule has 0 amide bonds. The maximum absolute atomic E-state index is 13.9. The summed E-state index contributed by atoms with van der Waals surface area (Å²) in [6.45, 7) is 7.62. The van der Waals surface area contributed by atoms with Crippen LogP contribution in [0.5, 0.6) is 5.75 Å². The molecule has 1 aromatic rings. The Kier molecular flexibility index (Phi) is 4.90. The summed E-state index contributed by atoms with van der Waals surface area (Å²) < 4.78 is 45.1. The van der Waals surface area contributed by atoms with E-state index in [0.717, 1.165) is 6.07 Å². The number of benzene rings is 1. The Morgan fingerprint density at radius 3 is 2.24 bits per heavy atom. The van der Waals surface area contributed by atoms with Crippen LogP contribution < -0.4 is 10.5 Å². The highest BCUT2D eigenvalue weighted by atomic mass is 32.2. The number of hydrogen-bond acceptors (Lipinski definition) is 4. The molecule has 1 aromatic carbocycles. The van der Waals surface area contributed by atoms with Crippen molar-refractivity contribution < 1.29 is 17.5 Å². The fourth-order valence-electron chi connectivity index (χ4n) is 1.87. The Morgan fingerprint density at radius 2 is 1.86 bits per heavy atom. The lowest BCUT2D eigenvalue weighted by Crippen LogP contribution is -2.42. The molecule has 1 atom stereocenters. The maximum Gasteiger partial charge on any atom is 0.243 e. The van der Waals surface area contributed by atoms with Crippen LogP contribution in [0.1, 0.15) is 27.7 Å². The Balaban J connectivity index is 3.32. The van der Waals surface area contributed by atoms with Crippen molar-refractivity contribution in [2.24, 2.45) is 5.41 Å². The van der Waals surface area contributed by atoms with Crippen molar-refractivity contribution in [2.75, 3.05) is 19.9 Å². The molecule has 0 radical (unpaired) electrons. The first-order valence-corrected chi connectivity index (χ1v) is 7.98. The molecule has 0 spiro atoms. The third-order valence-corrected chi connectivity index (χ3v) is 5.63. The number of nitrogens with two attached hydrogens (primary N) is 1. The number of sulfonamides is 1. The monoisotopic (exact) mass is 318 g/mol. The normalized spacial score (nSPS) is 14.3. The van der Waals surface area contributed by atoms with Crippen LogP contribution in [0.4, 0.5) is 10.1 Å². The lowest BCUT2D eigenvalue weighted by molar-refractivity contribution is 0.216. The van der Waals surface area contributed by atoms with Gasteiger partial charge in [-0.2, -0.15) is 4.31 Å². The zero-order chi connectivity index (χ0) is 16.6. The third-order valence-electron chi connectivity index (χ3n) is 3.73. The summed E-state index contributed by atoms with van der Waals surface area (Å²) in [6, 6.07) is 1.87. The molecule has 120 valence electrons. The zero-order valence-electron chi connectivity index (χ0n) is 13.3. The fourth-order valence-corrected chi connectivity index (χ4v) is 3.47. The first-order valence-electron chi connectivity index (χ1n) is 6.54. The van der Waals surface area contributed by atoms with E-state index >= 15 is 0 Å². The molecule has 1 unspecified atom stereocenters. The number of methoxy groups -OCH3 is 1. The topological polar surface area (TPSA) is 72.6 Å². The smallest absolute Gasteiger partial charge is 0.243 e. The predicted molar refractivity (Wildman–Crippen MR) is 81.2 cm³/mol. The Bertz CT molecular complexity index is 601. The van der Waals surface area contributed by atoms with Crippen molar-refractivity contribution in [3.8, 4) is 5.75 Å². The first-order chi connectivity index (χ1) is 9.42. The van der Waals surface area contributed by atoms with Crippen LogP contribution in [0, 0.1) is 11.2 Å². The number of halogens is 1. The first kappa shape index (κ1) is 17.7. The summed E-state index contributed by atoms with van der Waals surface area (Å²) in [5.41, 5.74) is 5.34. The van der Waals surface area contributed by atoms with E-state index in [9.17, 15) is 12.8 Å². The standard InChI is InChI=1S/C14H23FN2O3S/c1-9(14(2,3)4)17(5)21(18,19)10-7-11(15)13(20-6)12(16)8-10/h7-9H,16H2,1-6H3. The summed E-state index contributed by atoms with van der Waals surface area (Å²) in [5.74, 6) is -0.951. The average Bonchev–Trinajstić information content (AvgIpc) is 2.35. The Hall–Kier alpha value is -1.34. The van der Waals surface area contributed by atoms with Crippen molar-refractivity contribution in [1.29, 1.82) is 0 Å². The number of anilines is 1. The number of ether oxygens (including phenoxy) is 1. The van der Waals surface area contributed by atoms with Crippen molar-refractivity contribution in [3.63, 3.8) is 0 Å². The number of hydrogen-bond donors (Lipinski definition) is 1. The van der Waals surface area contributed by atoms with Crippen molar-refractivity contribution in [3.05, 3.63) is 17.9 Å². The van der Waals surface area contributed by atoms with Gasteiger partial charge in [0.1, 0.15) is 0 Å². The minimum Gasteiger partial charge on any atom is -0.492 e. The minimum atomic E-state index is -3.83.